The summed E-state index contributed by atoms with van der Waals surface area (Å²) in [6, 6.07) is 11.9. The van der Waals surface area contributed by atoms with Crippen LogP contribution >= 0.6 is 34.8 Å². The average molecular weight is 329 g/mol. The first-order valence-corrected chi connectivity index (χ1v) is 7.62. The summed E-state index contributed by atoms with van der Waals surface area (Å²) in [6.07, 6.45) is 0.934. The van der Waals surface area contributed by atoms with E-state index in [2.05, 4.69) is 12.2 Å². The summed E-state index contributed by atoms with van der Waals surface area (Å²) >= 11 is 18.2. The number of benzene rings is 2. The van der Waals surface area contributed by atoms with Crippen LogP contribution in [0.15, 0.2) is 36.4 Å². The molecule has 0 aromatic heterocycles. The Morgan fingerprint density at radius 2 is 1.70 bits per heavy atom. The molecular formula is C16H16Cl3N. The molecule has 0 aliphatic heterocycles. The Morgan fingerprint density at radius 3 is 2.30 bits per heavy atom. The number of nitrogens with one attached hydrogen (secondary N) is 1. The number of halogens is 3. The lowest BCUT2D eigenvalue weighted by atomic mass is 10.0. The molecule has 0 heterocycles. The molecule has 0 spiro atoms. The Kier molecular flexibility index (Phi) is 5.20. The van der Waals surface area contributed by atoms with Crippen LogP contribution in [-0.2, 0) is 0 Å². The van der Waals surface area contributed by atoms with Gasteiger partial charge in [-0.15, -0.1) is 0 Å². The summed E-state index contributed by atoms with van der Waals surface area (Å²) in [5.41, 5.74) is 3.18. The second-order valence-corrected chi connectivity index (χ2v) is 5.96. The molecule has 0 amide bonds. The summed E-state index contributed by atoms with van der Waals surface area (Å²) in [5, 5.41) is 5.38. The van der Waals surface area contributed by atoms with Crippen molar-refractivity contribution in [3.05, 3.63) is 62.6 Å². The minimum absolute atomic E-state index is 0.170. The Hall–Kier alpha value is -0.890. The zero-order chi connectivity index (χ0) is 14.7. The largest absolute Gasteiger partial charge is 0.378 e. The van der Waals surface area contributed by atoms with Gasteiger partial charge in [0.2, 0.25) is 0 Å². The molecule has 0 saturated carbocycles. The zero-order valence-electron chi connectivity index (χ0n) is 11.4. The quantitative estimate of drug-likeness (QED) is 0.673. The number of aryl methyl sites for hydroxylation is 1. The van der Waals surface area contributed by atoms with Crippen molar-refractivity contribution in [3.8, 4) is 0 Å². The first kappa shape index (κ1) is 15.5. The fourth-order valence-corrected chi connectivity index (χ4v) is 2.52. The number of hydrogen-bond acceptors (Lipinski definition) is 1. The van der Waals surface area contributed by atoms with E-state index in [1.54, 1.807) is 0 Å². The lowest BCUT2D eigenvalue weighted by Gasteiger charge is -2.19. The van der Waals surface area contributed by atoms with Gasteiger partial charge in [0.15, 0.2) is 0 Å². The van der Waals surface area contributed by atoms with E-state index in [1.165, 1.54) is 0 Å². The first-order chi connectivity index (χ1) is 9.51. The van der Waals surface area contributed by atoms with Crippen molar-refractivity contribution in [1.29, 1.82) is 0 Å². The van der Waals surface area contributed by atoms with Crippen molar-refractivity contribution in [2.75, 3.05) is 5.32 Å². The van der Waals surface area contributed by atoms with Crippen LogP contribution < -0.4 is 5.32 Å². The van der Waals surface area contributed by atoms with Gasteiger partial charge in [-0.2, -0.15) is 0 Å². The standard InChI is InChI=1S/C16H16Cl3N/c1-3-16(11-5-7-13(17)15(19)8-11)20-12-6-4-10(2)14(18)9-12/h4-9,16,20H,3H2,1-2H3. The molecule has 106 valence electrons. The molecule has 0 aliphatic rings. The molecular weight excluding hydrogens is 313 g/mol. The molecule has 20 heavy (non-hydrogen) atoms. The van der Waals surface area contributed by atoms with Crippen LogP contribution in [0.4, 0.5) is 5.69 Å². The molecule has 0 aliphatic carbocycles. The summed E-state index contributed by atoms with van der Waals surface area (Å²) in [4.78, 5) is 0. The van der Waals surface area contributed by atoms with Gasteiger partial charge in [-0.1, -0.05) is 53.9 Å². The summed E-state index contributed by atoms with van der Waals surface area (Å²) in [6.45, 7) is 4.11. The molecule has 2 aromatic carbocycles. The van der Waals surface area contributed by atoms with Gasteiger partial charge in [0.05, 0.1) is 16.1 Å². The molecule has 1 N–H and O–H groups in total. The monoisotopic (exact) mass is 327 g/mol. The van der Waals surface area contributed by atoms with Crippen LogP contribution in [-0.4, -0.2) is 0 Å². The highest BCUT2D eigenvalue weighted by Crippen LogP contribution is 2.30. The van der Waals surface area contributed by atoms with E-state index < -0.39 is 0 Å². The van der Waals surface area contributed by atoms with Gasteiger partial charge in [0.25, 0.3) is 0 Å². The summed E-state index contributed by atoms with van der Waals surface area (Å²) in [5.74, 6) is 0. The van der Waals surface area contributed by atoms with Crippen LogP contribution in [0.5, 0.6) is 0 Å². The Balaban J connectivity index is 2.23. The number of anilines is 1. The van der Waals surface area contributed by atoms with Crippen molar-refractivity contribution >= 4 is 40.5 Å². The van der Waals surface area contributed by atoms with Gasteiger partial charge in [-0.05, 0) is 48.7 Å². The Labute approximate surface area is 134 Å². The maximum Gasteiger partial charge on any atom is 0.0595 e. The smallest absolute Gasteiger partial charge is 0.0595 e. The van der Waals surface area contributed by atoms with Gasteiger partial charge in [0, 0.05) is 10.7 Å². The van der Waals surface area contributed by atoms with Crippen LogP contribution in [0.25, 0.3) is 0 Å². The third-order valence-corrected chi connectivity index (χ3v) is 4.41. The first-order valence-electron chi connectivity index (χ1n) is 6.49. The predicted octanol–water partition coefficient (Wildman–Crippen LogP) is 6.52. The highest BCUT2D eigenvalue weighted by Gasteiger charge is 2.11. The van der Waals surface area contributed by atoms with Gasteiger partial charge < -0.3 is 5.32 Å². The zero-order valence-corrected chi connectivity index (χ0v) is 13.7. The highest BCUT2D eigenvalue weighted by molar-refractivity contribution is 6.42. The summed E-state index contributed by atoms with van der Waals surface area (Å²) < 4.78 is 0. The van der Waals surface area contributed by atoms with Crippen LogP contribution in [0.2, 0.25) is 15.1 Å². The van der Waals surface area contributed by atoms with Crippen LogP contribution in [0, 0.1) is 6.92 Å². The summed E-state index contributed by atoms with van der Waals surface area (Å²) in [7, 11) is 0. The van der Waals surface area contributed by atoms with E-state index in [0.717, 1.165) is 28.3 Å². The van der Waals surface area contributed by atoms with Crippen molar-refractivity contribution in [2.45, 2.75) is 26.3 Å². The normalized spacial score (nSPS) is 12.2. The predicted molar refractivity (Wildman–Crippen MR) is 89.3 cm³/mol. The molecule has 1 unspecified atom stereocenters. The molecule has 0 bridgehead atoms. The molecule has 0 saturated heterocycles. The average Bonchev–Trinajstić information content (AvgIpc) is 2.43. The maximum absolute atomic E-state index is 6.15. The molecule has 1 nitrogen and oxygen atoms in total. The lowest BCUT2D eigenvalue weighted by molar-refractivity contribution is 0.749. The van der Waals surface area contributed by atoms with Gasteiger partial charge in [-0.25, -0.2) is 0 Å². The van der Waals surface area contributed by atoms with E-state index in [-0.39, 0.29) is 6.04 Å². The van der Waals surface area contributed by atoms with Crippen LogP contribution in [0.3, 0.4) is 0 Å². The van der Waals surface area contributed by atoms with Crippen molar-refractivity contribution in [1.82, 2.24) is 0 Å². The third-order valence-electron chi connectivity index (χ3n) is 3.27. The fourth-order valence-electron chi connectivity index (χ4n) is 2.03. The van der Waals surface area contributed by atoms with Crippen molar-refractivity contribution < 1.29 is 0 Å². The SMILES string of the molecule is CCC(Nc1ccc(C)c(Cl)c1)c1ccc(Cl)c(Cl)c1. The molecule has 1 atom stereocenters. The van der Waals surface area contributed by atoms with E-state index in [0.29, 0.717) is 10.0 Å². The molecule has 2 aromatic rings. The number of hydrogen-bond donors (Lipinski definition) is 1. The minimum Gasteiger partial charge on any atom is -0.378 e. The Bertz CT molecular complexity index is 611. The second kappa shape index (κ2) is 6.71. The third kappa shape index (κ3) is 3.60. The highest BCUT2D eigenvalue weighted by atomic mass is 35.5. The van der Waals surface area contributed by atoms with Gasteiger partial charge in [-0.3, -0.25) is 0 Å². The molecule has 0 radical (unpaired) electrons. The van der Waals surface area contributed by atoms with Gasteiger partial charge >= 0.3 is 0 Å². The van der Waals surface area contributed by atoms with Crippen LogP contribution in [0.1, 0.15) is 30.5 Å². The number of rotatable bonds is 4. The molecule has 2 rings (SSSR count). The van der Waals surface area contributed by atoms with E-state index in [9.17, 15) is 0 Å². The fraction of sp³-hybridized carbons (Fsp3) is 0.250. The molecule has 4 heteroatoms. The second-order valence-electron chi connectivity index (χ2n) is 4.74. The van der Waals surface area contributed by atoms with Gasteiger partial charge in [0.1, 0.15) is 0 Å². The van der Waals surface area contributed by atoms with E-state index in [1.807, 2.05) is 43.3 Å². The van der Waals surface area contributed by atoms with Crippen molar-refractivity contribution in [3.63, 3.8) is 0 Å². The van der Waals surface area contributed by atoms with Crippen molar-refractivity contribution in [2.24, 2.45) is 0 Å². The Morgan fingerprint density at radius 1 is 0.950 bits per heavy atom. The topological polar surface area (TPSA) is 12.0 Å². The van der Waals surface area contributed by atoms with E-state index in [4.69, 9.17) is 34.8 Å². The lowest BCUT2D eigenvalue weighted by Crippen LogP contribution is -2.09. The molecule has 0 fully saturated rings. The maximum atomic E-state index is 6.15. The minimum atomic E-state index is 0.170. The van der Waals surface area contributed by atoms with E-state index >= 15 is 0 Å².